The zero-order valence-electron chi connectivity index (χ0n) is 20.8. The smallest absolute Gasteiger partial charge is 0.548 e. The zero-order chi connectivity index (χ0) is 25.5. The first kappa shape index (κ1) is 31.1. The van der Waals surface area contributed by atoms with Gasteiger partial charge >= 0.3 is 59.1 Å². The van der Waals surface area contributed by atoms with Crippen LogP contribution < -0.4 is 69.3 Å². The summed E-state index contributed by atoms with van der Waals surface area (Å²) in [6.45, 7) is -0.957. The van der Waals surface area contributed by atoms with Crippen LogP contribution in [0.4, 0.5) is 0 Å². The number of nitrogens with zero attached hydrogens (tertiary/aromatic N) is 4. The summed E-state index contributed by atoms with van der Waals surface area (Å²) in [5.41, 5.74) is 3.29. The van der Waals surface area contributed by atoms with Crippen molar-refractivity contribution in [2.24, 2.45) is 0 Å². The van der Waals surface area contributed by atoms with Crippen LogP contribution in [0.3, 0.4) is 0 Å². The zero-order valence-corrected chi connectivity index (χ0v) is 24.8. The van der Waals surface area contributed by atoms with Crippen molar-refractivity contribution in [1.82, 2.24) is 19.9 Å². The average molecular weight is 524 g/mol. The summed E-state index contributed by atoms with van der Waals surface area (Å²) < 4.78 is 0. The molecule has 11 heteroatoms. The fourth-order valence-corrected chi connectivity index (χ4v) is 3.62. The Hall–Kier alpha value is -3.10. The topological polar surface area (TPSA) is 139 Å². The van der Waals surface area contributed by atoms with Crippen molar-refractivity contribution in [3.8, 4) is 23.0 Å². The average Bonchev–Trinajstić information content (AvgIpc) is 2.89. The van der Waals surface area contributed by atoms with Gasteiger partial charge in [0.05, 0.1) is 30.0 Å². The van der Waals surface area contributed by atoms with Gasteiger partial charge in [0, 0.05) is 41.0 Å². The van der Waals surface area contributed by atoms with Gasteiger partial charge in [-0.05, 0) is 29.7 Å². The molecule has 0 aliphatic carbocycles. The van der Waals surface area contributed by atoms with E-state index in [4.69, 9.17) is 0 Å². The Labute approximate surface area is 262 Å². The van der Waals surface area contributed by atoms with Crippen LogP contribution in [0.25, 0.3) is 22.0 Å². The van der Waals surface area contributed by atoms with Crippen molar-refractivity contribution in [2.45, 2.75) is 12.5 Å². The molecule has 0 saturated heterocycles. The van der Waals surface area contributed by atoms with Crippen LogP contribution in [0.5, 0.6) is 0 Å². The van der Waals surface area contributed by atoms with Gasteiger partial charge in [-0.25, -0.2) is 9.97 Å². The minimum atomic E-state index is -1.62. The number of rotatable bonds is 7. The molecule has 2 aromatic heterocycles. The number of carboxylic acid groups (broad SMARTS) is 2. The second-order valence-corrected chi connectivity index (χ2v) is 7.83. The number of aromatic nitrogens is 3. The molecule has 38 heavy (non-hydrogen) atoms. The number of hydrogen-bond donors (Lipinski definition) is 0. The first-order valence-electron chi connectivity index (χ1n) is 10.8. The molecular weight excluding hydrogens is 506 g/mol. The number of carbonyl (C=O) groups is 3. The number of hydrogen-bond acceptors (Lipinski definition) is 8. The van der Waals surface area contributed by atoms with Gasteiger partial charge in [0.2, 0.25) is 0 Å². The van der Waals surface area contributed by atoms with E-state index < -0.39 is 30.4 Å². The van der Waals surface area contributed by atoms with Gasteiger partial charge in [-0.1, -0.05) is 48.4 Å². The standard InChI is InChI=1S/C27H20N4O5.2Na/c32-25(10-7-19-11-21-3-1-2-4-23(21)30-13-19)31(16-26(33)34)24(27(35)36)12-18-5-8-20(9-6-18)22-14-28-17-29-15-22;;/h1-6,8-9,11,13-15,17,24H,12,16H2,(H,33,34)(H,35,36);;/q;2*+1/p-2. The molecule has 0 N–H and O–H groups in total. The number of amides is 1. The van der Waals surface area contributed by atoms with Gasteiger partial charge in [-0.3, -0.25) is 9.78 Å². The summed E-state index contributed by atoms with van der Waals surface area (Å²) in [4.78, 5) is 48.9. The Balaban J connectivity index is 0.00000253. The molecular formula is C27H18N4Na2O5. The molecule has 9 nitrogen and oxygen atoms in total. The predicted molar refractivity (Wildman–Crippen MR) is 125 cm³/mol. The molecule has 4 aromatic rings. The van der Waals surface area contributed by atoms with E-state index in [2.05, 4.69) is 26.8 Å². The van der Waals surface area contributed by atoms with Crippen molar-refractivity contribution >= 4 is 28.7 Å². The molecule has 0 saturated carbocycles. The van der Waals surface area contributed by atoms with Crippen LogP contribution in [-0.4, -0.2) is 50.3 Å². The second-order valence-electron chi connectivity index (χ2n) is 7.83. The molecule has 1 unspecified atom stereocenters. The predicted octanol–water partition coefficient (Wildman–Crippen LogP) is -6.01. The van der Waals surface area contributed by atoms with Crippen LogP contribution in [0.1, 0.15) is 11.1 Å². The van der Waals surface area contributed by atoms with Gasteiger partial charge < -0.3 is 24.7 Å². The summed E-state index contributed by atoms with van der Waals surface area (Å²) in [7, 11) is 0. The first-order chi connectivity index (χ1) is 17.4. The summed E-state index contributed by atoms with van der Waals surface area (Å²) in [5.74, 6) is 0.733. The molecule has 2 aromatic carbocycles. The van der Waals surface area contributed by atoms with Crippen molar-refractivity contribution in [3.63, 3.8) is 0 Å². The molecule has 0 aliphatic heterocycles. The van der Waals surface area contributed by atoms with E-state index in [-0.39, 0.29) is 65.5 Å². The van der Waals surface area contributed by atoms with Crippen LogP contribution in [0.2, 0.25) is 0 Å². The Bertz CT molecular complexity index is 1490. The van der Waals surface area contributed by atoms with E-state index in [0.29, 0.717) is 16.0 Å². The number of fused-ring (bicyclic) bond motifs is 1. The van der Waals surface area contributed by atoms with Crippen molar-refractivity contribution in [1.29, 1.82) is 0 Å². The third kappa shape index (κ3) is 8.20. The minimum absolute atomic E-state index is 0. The molecule has 178 valence electrons. The molecule has 0 aliphatic rings. The number of aliphatic carboxylic acids is 2. The normalized spacial score (nSPS) is 10.6. The first-order valence-corrected chi connectivity index (χ1v) is 10.8. The number of benzene rings is 2. The summed E-state index contributed by atoms with van der Waals surface area (Å²) in [6, 6.07) is 14.3. The van der Waals surface area contributed by atoms with Crippen LogP contribution in [0, 0.1) is 11.8 Å². The number of carboxylic acids is 2. The van der Waals surface area contributed by atoms with Crippen LogP contribution >= 0.6 is 0 Å². The third-order valence-electron chi connectivity index (χ3n) is 5.39. The van der Waals surface area contributed by atoms with Crippen molar-refractivity contribution in [2.75, 3.05) is 6.54 Å². The fraction of sp³-hybridized carbons (Fsp3) is 0.111. The van der Waals surface area contributed by atoms with E-state index in [1.54, 1.807) is 42.7 Å². The molecule has 4 rings (SSSR count). The summed E-state index contributed by atoms with van der Waals surface area (Å²) in [5, 5.41) is 24.1. The van der Waals surface area contributed by atoms with Gasteiger partial charge in [0.25, 0.3) is 5.91 Å². The maximum absolute atomic E-state index is 12.8. The van der Waals surface area contributed by atoms with Crippen LogP contribution in [-0.2, 0) is 20.8 Å². The van der Waals surface area contributed by atoms with E-state index in [9.17, 15) is 24.6 Å². The number of pyridine rings is 1. The molecule has 0 spiro atoms. The van der Waals surface area contributed by atoms with Gasteiger partial charge in [-0.2, -0.15) is 0 Å². The van der Waals surface area contributed by atoms with Gasteiger partial charge in [0.1, 0.15) is 6.33 Å². The van der Waals surface area contributed by atoms with Gasteiger partial charge in [-0.15, -0.1) is 0 Å². The summed E-state index contributed by atoms with van der Waals surface area (Å²) in [6.07, 6.45) is 5.96. The second kappa shape index (κ2) is 14.7. The number of para-hydroxylation sites is 1. The van der Waals surface area contributed by atoms with E-state index >= 15 is 0 Å². The van der Waals surface area contributed by atoms with Crippen LogP contribution in [0.15, 0.2) is 79.5 Å². The molecule has 0 fully saturated rings. The Kier molecular flexibility index (Phi) is 12.1. The Morgan fingerprint density at radius 2 is 1.58 bits per heavy atom. The SMILES string of the molecule is O=C([O-])CN(C(=O)C#Cc1cnc2ccccc2c1)C(Cc1ccc(-c2cncnc2)cc1)C(=O)[O-].[Na+].[Na+]. The van der Waals surface area contributed by atoms with E-state index in [1.807, 2.05) is 24.3 Å². The maximum Gasteiger partial charge on any atom is 1.00 e. The minimum Gasteiger partial charge on any atom is -0.548 e. The maximum atomic E-state index is 12.8. The molecule has 0 bridgehead atoms. The largest absolute Gasteiger partial charge is 1.00 e. The molecule has 0 radical (unpaired) electrons. The Morgan fingerprint density at radius 3 is 2.24 bits per heavy atom. The van der Waals surface area contributed by atoms with E-state index in [0.717, 1.165) is 22.0 Å². The Morgan fingerprint density at radius 1 is 0.895 bits per heavy atom. The molecule has 1 amide bonds. The fourth-order valence-electron chi connectivity index (χ4n) is 3.62. The summed E-state index contributed by atoms with van der Waals surface area (Å²) >= 11 is 0. The third-order valence-corrected chi connectivity index (χ3v) is 5.39. The number of carbonyl (C=O) groups excluding carboxylic acids is 3. The van der Waals surface area contributed by atoms with Gasteiger partial charge in [0.15, 0.2) is 0 Å². The molecule has 1 atom stereocenters. The van der Waals surface area contributed by atoms with E-state index in [1.165, 1.54) is 12.5 Å². The quantitative estimate of drug-likeness (QED) is 0.172. The monoisotopic (exact) mass is 524 g/mol. The van der Waals surface area contributed by atoms with Crippen molar-refractivity contribution < 1.29 is 83.7 Å². The van der Waals surface area contributed by atoms with Crippen molar-refractivity contribution in [3.05, 3.63) is 90.6 Å². The molecule has 2 heterocycles.